The molecule has 120 valence electrons. The first-order chi connectivity index (χ1) is 11.6. The number of amides is 1. The molecular formula is C19H13F2NOS. The normalized spacial score (nSPS) is 16.6. The van der Waals surface area contributed by atoms with Gasteiger partial charge in [0.1, 0.15) is 11.6 Å². The predicted molar refractivity (Wildman–Crippen MR) is 91.2 cm³/mol. The van der Waals surface area contributed by atoms with E-state index in [0.29, 0.717) is 11.3 Å². The highest BCUT2D eigenvalue weighted by molar-refractivity contribution is 7.11. The van der Waals surface area contributed by atoms with Gasteiger partial charge in [0.25, 0.3) is 0 Å². The standard InChI is InChI=1S/C19H13F2NOS/c20-13-5-1-3-11(7-13)15-9-17(23)22-18-16(10-24-19(15)18)12-4-2-6-14(21)8-12/h1-8,10,15H,9H2,(H,22,23). The number of halogens is 2. The van der Waals surface area contributed by atoms with Crippen molar-refractivity contribution in [1.82, 2.24) is 0 Å². The molecule has 1 aromatic heterocycles. The number of carbonyl (C=O) groups is 1. The maximum absolute atomic E-state index is 13.6. The minimum absolute atomic E-state index is 0.118. The zero-order valence-corrected chi connectivity index (χ0v) is 13.4. The number of thiophene rings is 1. The first-order valence-electron chi connectivity index (χ1n) is 7.54. The minimum Gasteiger partial charge on any atom is -0.325 e. The van der Waals surface area contributed by atoms with Crippen LogP contribution in [-0.4, -0.2) is 5.91 Å². The smallest absolute Gasteiger partial charge is 0.225 e. The van der Waals surface area contributed by atoms with Crippen LogP contribution in [0, 0.1) is 11.6 Å². The molecule has 0 saturated carbocycles. The van der Waals surface area contributed by atoms with Gasteiger partial charge in [0.15, 0.2) is 0 Å². The van der Waals surface area contributed by atoms with Crippen LogP contribution in [0.15, 0.2) is 53.9 Å². The van der Waals surface area contributed by atoms with Gasteiger partial charge in [-0.1, -0.05) is 24.3 Å². The molecule has 3 aromatic rings. The summed E-state index contributed by atoms with van der Waals surface area (Å²) >= 11 is 1.50. The lowest BCUT2D eigenvalue weighted by molar-refractivity contribution is -0.116. The lowest BCUT2D eigenvalue weighted by atomic mass is 9.89. The maximum Gasteiger partial charge on any atom is 0.225 e. The van der Waals surface area contributed by atoms with Gasteiger partial charge >= 0.3 is 0 Å². The van der Waals surface area contributed by atoms with Crippen LogP contribution >= 0.6 is 11.3 Å². The van der Waals surface area contributed by atoms with Crippen molar-refractivity contribution in [2.45, 2.75) is 12.3 Å². The van der Waals surface area contributed by atoms with Gasteiger partial charge in [-0.25, -0.2) is 8.78 Å². The van der Waals surface area contributed by atoms with Crippen LogP contribution in [0.1, 0.15) is 22.8 Å². The summed E-state index contributed by atoms with van der Waals surface area (Å²) in [7, 11) is 0. The Labute approximate surface area is 141 Å². The molecule has 0 saturated heterocycles. The molecule has 0 aliphatic carbocycles. The highest BCUT2D eigenvalue weighted by atomic mass is 32.1. The monoisotopic (exact) mass is 341 g/mol. The van der Waals surface area contributed by atoms with E-state index in [1.54, 1.807) is 12.1 Å². The van der Waals surface area contributed by atoms with Gasteiger partial charge in [0.05, 0.1) is 5.69 Å². The van der Waals surface area contributed by atoms with E-state index in [1.807, 2.05) is 17.5 Å². The summed E-state index contributed by atoms with van der Waals surface area (Å²) in [4.78, 5) is 13.1. The summed E-state index contributed by atoms with van der Waals surface area (Å²) in [6.07, 6.45) is 0.277. The molecule has 1 aliphatic rings. The van der Waals surface area contributed by atoms with Gasteiger partial charge in [-0.3, -0.25) is 4.79 Å². The third-order valence-corrected chi connectivity index (χ3v) is 5.27. The first kappa shape index (κ1) is 15.0. The van der Waals surface area contributed by atoms with Crippen molar-refractivity contribution in [1.29, 1.82) is 0 Å². The fraction of sp³-hybridized carbons (Fsp3) is 0.105. The zero-order valence-electron chi connectivity index (χ0n) is 12.6. The summed E-state index contributed by atoms with van der Waals surface area (Å²) in [5, 5.41) is 4.81. The average molecular weight is 341 g/mol. The number of anilines is 1. The second-order valence-electron chi connectivity index (χ2n) is 5.76. The van der Waals surface area contributed by atoms with E-state index >= 15 is 0 Å². The molecule has 2 aromatic carbocycles. The minimum atomic E-state index is -0.323. The largest absolute Gasteiger partial charge is 0.325 e. The number of hydrogen-bond acceptors (Lipinski definition) is 2. The van der Waals surface area contributed by atoms with E-state index in [-0.39, 0.29) is 29.9 Å². The van der Waals surface area contributed by atoms with Crippen LogP contribution in [-0.2, 0) is 4.79 Å². The number of rotatable bonds is 2. The van der Waals surface area contributed by atoms with Gasteiger partial charge in [0.2, 0.25) is 5.91 Å². The second-order valence-corrected chi connectivity index (χ2v) is 6.67. The number of fused-ring (bicyclic) bond motifs is 1. The Bertz CT molecular complexity index is 935. The van der Waals surface area contributed by atoms with Crippen LogP contribution in [0.4, 0.5) is 14.5 Å². The molecular weight excluding hydrogens is 328 g/mol. The molecule has 5 heteroatoms. The summed E-state index contributed by atoms with van der Waals surface area (Å²) in [5.41, 5.74) is 2.99. The van der Waals surface area contributed by atoms with Gasteiger partial charge < -0.3 is 5.32 Å². The summed E-state index contributed by atoms with van der Waals surface area (Å²) < 4.78 is 27.1. The molecule has 0 fully saturated rings. The molecule has 24 heavy (non-hydrogen) atoms. The molecule has 2 nitrogen and oxygen atoms in total. The van der Waals surface area contributed by atoms with Crippen LogP contribution in [0.5, 0.6) is 0 Å². The van der Waals surface area contributed by atoms with Crippen molar-refractivity contribution >= 4 is 22.9 Å². The third-order valence-electron chi connectivity index (χ3n) is 4.18. The Morgan fingerprint density at radius 1 is 1.04 bits per heavy atom. The van der Waals surface area contributed by atoms with Gasteiger partial charge in [-0.2, -0.15) is 0 Å². The molecule has 1 amide bonds. The van der Waals surface area contributed by atoms with E-state index in [0.717, 1.165) is 16.0 Å². The van der Waals surface area contributed by atoms with Crippen molar-refractivity contribution in [3.63, 3.8) is 0 Å². The molecule has 1 aliphatic heterocycles. The first-order valence-corrected chi connectivity index (χ1v) is 8.42. The molecule has 2 heterocycles. The topological polar surface area (TPSA) is 29.1 Å². The van der Waals surface area contributed by atoms with Crippen LogP contribution in [0.3, 0.4) is 0 Å². The van der Waals surface area contributed by atoms with Crippen molar-refractivity contribution in [3.8, 4) is 11.1 Å². The van der Waals surface area contributed by atoms with Gasteiger partial charge in [0, 0.05) is 28.2 Å². The Balaban J connectivity index is 1.83. The quantitative estimate of drug-likeness (QED) is 0.685. The number of carbonyl (C=O) groups excluding carboxylic acids is 1. The molecule has 1 unspecified atom stereocenters. The van der Waals surface area contributed by atoms with E-state index in [9.17, 15) is 13.6 Å². The Morgan fingerprint density at radius 2 is 1.79 bits per heavy atom. The van der Waals surface area contributed by atoms with Gasteiger partial charge in [-0.15, -0.1) is 11.3 Å². The fourth-order valence-corrected chi connectivity index (χ4v) is 4.25. The Kier molecular flexibility index (Phi) is 3.65. The van der Waals surface area contributed by atoms with Crippen LogP contribution in [0.2, 0.25) is 0 Å². The van der Waals surface area contributed by atoms with E-state index in [2.05, 4.69) is 5.32 Å². The molecule has 0 spiro atoms. The second kappa shape index (κ2) is 5.83. The molecule has 1 atom stereocenters. The Hall–Kier alpha value is -2.53. The summed E-state index contributed by atoms with van der Waals surface area (Å²) in [5.74, 6) is -0.942. The molecule has 0 bridgehead atoms. The van der Waals surface area contributed by atoms with E-state index in [4.69, 9.17) is 0 Å². The molecule has 0 radical (unpaired) electrons. The van der Waals surface area contributed by atoms with Gasteiger partial charge in [-0.05, 0) is 35.4 Å². The lowest BCUT2D eigenvalue weighted by Crippen LogP contribution is -2.22. The number of nitrogens with one attached hydrogen (secondary N) is 1. The van der Waals surface area contributed by atoms with E-state index < -0.39 is 0 Å². The van der Waals surface area contributed by atoms with Crippen LogP contribution in [0.25, 0.3) is 11.1 Å². The highest BCUT2D eigenvalue weighted by Gasteiger charge is 2.30. The summed E-state index contributed by atoms with van der Waals surface area (Å²) in [6.45, 7) is 0. The average Bonchev–Trinajstić information content (AvgIpc) is 2.97. The SMILES string of the molecule is O=C1CC(c2cccc(F)c2)c2scc(-c3cccc(F)c3)c2N1. The van der Waals surface area contributed by atoms with E-state index in [1.165, 1.54) is 35.6 Å². The zero-order chi connectivity index (χ0) is 16.7. The number of benzene rings is 2. The fourth-order valence-electron chi connectivity index (χ4n) is 3.09. The molecule has 1 N–H and O–H groups in total. The third kappa shape index (κ3) is 2.61. The lowest BCUT2D eigenvalue weighted by Gasteiger charge is -2.24. The highest BCUT2D eigenvalue weighted by Crippen LogP contribution is 2.46. The predicted octanol–water partition coefficient (Wildman–Crippen LogP) is 5.17. The number of hydrogen-bond donors (Lipinski definition) is 1. The summed E-state index contributed by atoms with van der Waals surface area (Å²) in [6, 6.07) is 12.6. The maximum atomic E-state index is 13.6. The Morgan fingerprint density at radius 3 is 2.54 bits per heavy atom. The van der Waals surface area contributed by atoms with Crippen molar-refractivity contribution in [2.75, 3.05) is 5.32 Å². The van der Waals surface area contributed by atoms with Crippen LogP contribution < -0.4 is 5.32 Å². The van der Waals surface area contributed by atoms with Crippen molar-refractivity contribution in [2.24, 2.45) is 0 Å². The van der Waals surface area contributed by atoms with Crippen molar-refractivity contribution in [3.05, 3.63) is 76.0 Å². The van der Waals surface area contributed by atoms with Crippen molar-refractivity contribution < 1.29 is 13.6 Å². The molecule has 4 rings (SSSR count).